The minimum Gasteiger partial charge on any atom is -0.377 e. The first-order valence-electron chi connectivity index (χ1n) is 5.75. The Morgan fingerprint density at radius 3 is 1.39 bits per heavy atom. The van der Waals surface area contributed by atoms with Gasteiger partial charge in [-0.3, -0.25) is 0 Å². The first-order chi connectivity index (χ1) is 8.95. The lowest BCUT2D eigenvalue weighted by Gasteiger charge is -2.06. The molecule has 2 rings (SSSR count). The average molecular weight is 252 g/mol. The lowest BCUT2D eigenvalue weighted by atomic mass is 10.6. The molecule has 0 aliphatic heterocycles. The van der Waals surface area contributed by atoms with Crippen LogP contribution >= 0.6 is 0 Å². The van der Waals surface area contributed by atoms with Crippen molar-refractivity contribution in [3.63, 3.8) is 0 Å². The molecule has 0 saturated carbocycles. The lowest BCUT2D eigenvalue weighted by molar-refractivity contribution is 0.0420. The molecule has 98 valence electrons. The van der Waals surface area contributed by atoms with Crippen molar-refractivity contribution in [1.82, 2.24) is 29.5 Å². The van der Waals surface area contributed by atoms with Crippen LogP contribution in [0.3, 0.4) is 0 Å². The van der Waals surface area contributed by atoms with Crippen molar-refractivity contribution >= 4 is 0 Å². The number of ether oxygens (including phenoxy) is 2. The van der Waals surface area contributed by atoms with Gasteiger partial charge in [-0.2, -0.15) is 0 Å². The van der Waals surface area contributed by atoms with Crippen LogP contribution < -0.4 is 0 Å². The van der Waals surface area contributed by atoms with Gasteiger partial charge in [0.25, 0.3) is 0 Å². The Morgan fingerprint density at radius 2 is 1.00 bits per heavy atom. The number of hydrogen-bond donors (Lipinski definition) is 0. The van der Waals surface area contributed by atoms with Gasteiger partial charge in [-0.15, -0.1) is 20.4 Å². The highest BCUT2D eigenvalue weighted by Gasteiger charge is 1.93. The van der Waals surface area contributed by atoms with E-state index in [4.69, 9.17) is 9.47 Å². The second-order valence-corrected chi connectivity index (χ2v) is 3.62. The van der Waals surface area contributed by atoms with Gasteiger partial charge in [0.1, 0.15) is 25.3 Å². The molecule has 2 aromatic heterocycles. The minimum atomic E-state index is 0.588. The SMILES string of the molecule is c1nncn1CCOCCOCCn1cnnc1. The van der Waals surface area contributed by atoms with Crippen molar-refractivity contribution in [2.24, 2.45) is 0 Å². The topological polar surface area (TPSA) is 79.9 Å². The summed E-state index contributed by atoms with van der Waals surface area (Å²) < 4.78 is 14.6. The van der Waals surface area contributed by atoms with Crippen molar-refractivity contribution < 1.29 is 9.47 Å². The smallest absolute Gasteiger partial charge is 0.119 e. The summed E-state index contributed by atoms with van der Waals surface area (Å²) >= 11 is 0. The summed E-state index contributed by atoms with van der Waals surface area (Å²) in [4.78, 5) is 0. The van der Waals surface area contributed by atoms with Crippen LogP contribution in [0, 0.1) is 0 Å². The third-order valence-corrected chi connectivity index (χ3v) is 2.29. The van der Waals surface area contributed by atoms with Crippen LogP contribution in [0.4, 0.5) is 0 Å². The highest BCUT2D eigenvalue weighted by Crippen LogP contribution is 1.87. The molecule has 0 N–H and O–H groups in total. The molecule has 0 fully saturated rings. The second kappa shape index (κ2) is 7.51. The van der Waals surface area contributed by atoms with E-state index < -0.39 is 0 Å². The van der Waals surface area contributed by atoms with E-state index in [2.05, 4.69) is 20.4 Å². The Morgan fingerprint density at radius 1 is 0.611 bits per heavy atom. The monoisotopic (exact) mass is 252 g/mol. The van der Waals surface area contributed by atoms with Crippen LogP contribution in [0.15, 0.2) is 25.3 Å². The van der Waals surface area contributed by atoms with Crippen molar-refractivity contribution in [1.29, 1.82) is 0 Å². The molecule has 0 atom stereocenters. The van der Waals surface area contributed by atoms with E-state index in [0.717, 1.165) is 13.1 Å². The van der Waals surface area contributed by atoms with E-state index in [9.17, 15) is 0 Å². The van der Waals surface area contributed by atoms with Crippen molar-refractivity contribution in [3.05, 3.63) is 25.3 Å². The van der Waals surface area contributed by atoms with Gasteiger partial charge in [0.2, 0.25) is 0 Å². The molecule has 0 aliphatic carbocycles. The molecular formula is C10H16N6O2. The fourth-order valence-corrected chi connectivity index (χ4v) is 1.34. The summed E-state index contributed by atoms with van der Waals surface area (Å²) in [5, 5.41) is 14.8. The number of rotatable bonds is 9. The van der Waals surface area contributed by atoms with Gasteiger partial charge < -0.3 is 18.6 Å². The molecule has 0 aromatic carbocycles. The third kappa shape index (κ3) is 4.60. The van der Waals surface area contributed by atoms with Crippen LogP contribution in [0.5, 0.6) is 0 Å². The highest BCUT2D eigenvalue weighted by atomic mass is 16.5. The third-order valence-electron chi connectivity index (χ3n) is 2.29. The fraction of sp³-hybridized carbons (Fsp3) is 0.600. The molecule has 2 heterocycles. The van der Waals surface area contributed by atoms with Gasteiger partial charge in [-0.25, -0.2) is 0 Å². The molecule has 8 nitrogen and oxygen atoms in total. The van der Waals surface area contributed by atoms with E-state index >= 15 is 0 Å². The minimum absolute atomic E-state index is 0.588. The van der Waals surface area contributed by atoms with Crippen molar-refractivity contribution in [2.75, 3.05) is 26.4 Å². The number of nitrogens with zero attached hydrogens (tertiary/aromatic N) is 6. The van der Waals surface area contributed by atoms with Crippen molar-refractivity contribution in [2.45, 2.75) is 13.1 Å². The molecule has 0 spiro atoms. The summed E-state index contributed by atoms with van der Waals surface area (Å²) in [6.45, 7) is 3.95. The van der Waals surface area contributed by atoms with Gasteiger partial charge in [0.15, 0.2) is 0 Å². The highest BCUT2D eigenvalue weighted by molar-refractivity contribution is 4.59. The van der Waals surface area contributed by atoms with Gasteiger partial charge in [-0.05, 0) is 0 Å². The van der Waals surface area contributed by atoms with Crippen molar-refractivity contribution in [3.8, 4) is 0 Å². The van der Waals surface area contributed by atoms with Crippen LogP contribution in [-0.2, 0) is 22.6 Å². The predicted octanol–water partition coefficient (Wildman–Crippen LogP) is -0.397. The predicted molar refractivity (Wildman–Crippen MR) is 61.7 cm³/mol. The summed E-state index contributed by atoms with van der Waals surface area (Å²) in [6.07, 6.45) is 6.66. The van der Waals surface area contributed by atoms with Crippen LogP contribution in [0.1, 0.15) is 0 Å². The second-order valence-electron chi connectivity index (χ2n) is 3.62. The van der Waals surface area contributed by atoms with E-state index in [1.165, 1.54) is 0 Å². The largest absolute Gasteiger partial charge is 0.377 e. The normalized spacial score (nSPS) is 10.9. The molecule has 0 radical (unpaired) electrons. The van der Waals surface area contributed by atoms with Crippen LogP contribution in [-0.4, -0.2) is 56.0 Å². The molecule has 0 bridgehead atoms. The van der Waals surface area contributed by atoms with Crippen LogP contribution in [0.25, 0.3) is 0 Å². The molecule has 0 unspecified atom stereocenters. The molecule has 0 amide bonds. The van der Waals surface area contributed by atoms with Gasteiger partial charge in [0.05, 0.1) is 26.4 Å². The molecule has 2 aromatic rings. The van der Waals surface area contributed by atoms with E-state index in [1.54, 1.807) is 25.3 Å². The van der Waals surface area contributed by atoms with Gasteiger partial charge >= 0.3 is 0 Å². The zero-order valence-electron chi connectivity index (χ0n) is 10.1. The number of hydrogen-bond acceptors (Lipinski definition) is 6. The van der Waals surface area contributed by atoms with E-state index in [-0.39, 0.29) is 0 Å². The summed E-state index contributed by atoms with van der Waals surface area (Å²) in [6, 6.07) is 0. The summed E-state index contributed by atoms with van der Waals surface area (Å²) in [5.41, 5.74) is 0. The maximum absolute atomic E-state index is 5.41. The molecular weight excluding hydrogens is 236 g/mol. The Hall–Kier alpha value is -1.80. The van der Waals surface area contributed by atoms with Gasteiger partial charge in [0, 0.05) is 13.1 Å². The first kappa shape index (κ1) is 12.7. The Bertz CT molecular complexity index is 362. The fourth-order valence-electron chi connectivity index (χ4n) is 1.34. The number of aromatic nitrogens is 6. The maximum atomic E-state index is 5.41. The van der Waals surface area contributed by atoms with Crippen LogP contribution in [0.2, 0.25) is 0 Å². The Kier molecular flexibility index (Phi) is 5.28. The zero-order valence-corrected chi connectivity index (χ0v) is 10.1. The molecule has 0 saturated heterocycles. The van der Waals surface area contributed by atoms with Gasteiger partial charge in [-0.1, -0.05) is 0 Å². The maximum Gasteiger partial charge on any atom is 0.119 e. The summed E-state index contributed by atoms with van der Waals surface area (Å²) in [7, 11) is 0. The molecule has 0 aliphatic rings. The Labute approximate surface area is 105 Å². The standard InChI is InChI=1S/C10H16N6O2/c1(15-7-11-12-8-15)3-17-5-6-18-4-2-16-9-13-14-10-16/h7-10H,1-6H2. The molecule has 8 heteroatoms. The first-order valence-corrected chi connectivity index (χ1v) is 5.75. The lowest BCUT2D eigenvalue weighted by Crippen LogP contribution is -2.11. The summed E-state index contributed by atoms with van der Waals surface area (Å²) in [5.74, 6) is 0. The Balaban J connectivity index is 1.40. The van der Waals surface area contributed by atoms with E-state index in [0.29, 0.717) is 26.4 Å². The quantitative estimate of drug-likeness (QED) is 0.565. The zero-order chi connectivity index (χ0) is 12.5. The van der Waals surface area contributed by atoms with E-state index in [1.807, 2.05) is 9.13 Å². The molecule has 18 heavy (non-hydrogen) atoms. The average Bonchev–Trinajstić information content (AvgIpc) is 3.05.